The summed E-state index contributed by atoms with van der Waals surface area (Å²) in [5.74, 6) is 0. The van der Waals surface area contributed by atoms with Gasteiger partial charge >= 0.3 is 15.6 Å². The molecule has 0 saturated heterocycles. The normalized spacial score (nSPS) is 14.0. The first kappa shape index (κ1) is 30.7. The highest BCUT2D eigenvalue weighted by molar-refractivity contribution is 7.46. The van der Waals surface area contributed by atoms with E-state index >= 15 is 0 Å². The summed E-state index contributed by atoms with van der Waals surface area (Å²) in [6.45, 7) is 0.0644. The Balaban J connectivity index is 3.56. The van der Waals surface area contributed by atoms with Crippen LogP contribution in [0.3, 0.4) is 0 Å². The molecule has 0 amide bonds. The number of phosphoric ester groups is 2. The van der Waals surface area contributed by atoms with Gasteiger partial charge in [-0.1, -0.05) is 72.9 Å². The molecule has 0 fully saturated rings. The number of hydrogen-bond donors (Lipinski definition) is 4. The maximum atomic E-state index is 10.5. The van der Waals surface area contributed by atoms with Crippen molar-refractivity contribution in [2.75, 3.05) is 13.2 Å². The summed E-state index contributed by atoms with van der Waals surface area (Å²) in [5.41, 5.74) is 0. The Morgan fingerprint density at radius 3 is 1.16 bits per heavy atom. The molecule has 182 valence electrons. The van der Waals surface area contributed by atoms with E-state index < -0.39 is 15.6 Å². The zero-order valence-electron chi connectivity index (χ0n) is 18.3. The van der Waals surface area contributed by atoms with Crippen LogP contribution < -0.4 is 0 Å². The Kier molecular flexibility index (Phi) is 19.4. The minimum atomic E-state index is -4.35. The number of allylic oxidation sites excluding steroid dienone is 11. The van der Waals surface area contributed by atoms with Crippen molar-refractivity contribution in [2.45, 2.75) is 51.4 Å². The van der Waals surface area contributed by atoms with Crippen molar-refractivity contribution in [1.29, 1.82) is 0 Å². The monoisotopic (exact) mass is 490 g/mol. The second-order valence-corrected chi connectivity index (χ2v) is 9.06. The topological polar surface area (TPSA) is 134 Å². The van der Waals surface area contributed by atoms with Gasteiger partial charge < -0.3 is 19.6 Å². The lowest BCUT2D eigenvalue weighted by atomic mass is 10.2. The molecule has 8 nitrogen and oxygen atoms in total. The first-order valence-electron chi connectivity index (χ1n) is 10.5. The fourth-order valence-electron chi connectivity index (χ4n) is 2.22. The fraction of sp³-hybridized carbons (Fsp3) is 0.455. The van der Waals surface area contributed by atoms with Crippen LogP contribution >= 0.6 is 15.6 Å². The third-order valence-corrected chi connectivity index (χ3v) is 4.72. The molecule has 0 radical (unpaired) electrons. The lowest BCUT2D eigenvalue weighted by molar-refractivity contribution is 0.195. The van der Waals surface area contributed by atoms with Crippen LogP contribution in [0.2, 0.25) is 0 Å². The first-order chi connectivity index (χ1) is 15.2. The molecule has 0 aromatic heterocycles. The molecule has 0 aliphatic carbocycles. The third kappa shape index (κ3) is 28.7. The molecule has 0 atom stereocenters. The minimum Gasteiger partial charge on any atom is -0.303 e. The van der Waals surface area contributed by atoms with E-state index in [2.05, 4.69) is 51.6 Å². The van der Waals surface area contributed by atoms with Gasteiger partial charge in [-0.05, 0) is 51.4 Å². The largest absolute Gasteiger partial charge is 0.469 e. The zero-order chi connectivity index (χ0) is 24.0. The summed E-state index contributed by atoms with van der Waals surface area (Å²) in [7, 11) is -8.69. The zero-order valence-corrected chi connectivity index (χ0v) is 20.1. The van der Waals surface area contributed by atoms with Crippen molar-refractivity contribution in [2.24, 2.45) is 0 Å². The van der Waals surface area contributed by atoms with E-state index in [1.807, 2.05) is 30.4 Å². The molecule has 0 unspecified atom stereocenters. The lowest BCUT2D eigenvalue weighted by Crippen LogP contribution is -1.90. The summed E-state index contributed by atoms with van der Waals surface area (Å²) >= 11 is 0. The maximum Gasteiger partial charge on any atom is 0.469 e. The molecule has 0 spiro atoms. The number of phosphoric acid groups is 2. The van der Waals surface area contributed by atoms with Crippen LogP contribution in [0, 0.1) is 0 Å². The molecule has 0 rings (SSSR count). The Bertz CT molecular complexity index is 726. The molecule has 0 aromatic carbocycles. The van der Waals surface area contributed by atoms with Crippen LogP contribution in [-0.2, 0) is 18.2 Å². The van der Waals surface area contributed by atoms with Crippen LogP contribution in [0.15, 0.2) is 72.9 Å². The van der Waals surface area contributed by atoms with Gasteiger partial charge in [0.15, 0.2) is 0 Å². The molecule has 0 aliphatic heterocycles. The van der Waals surface area contributed by atoms with E-state index in [9.17, 15) is 9.13 Å². The highest BCUT2D eigenvalue weighted by Gasteiger charge is 2.12. The van der Waals surface area contributed by atoms with Crippen molar-refractivity contribution in [3.05, 3.63) is 72.9 Å². The van der Waals surface area contributed by atoms with Gasteiger partial charge in [0.1, 0.15) is 0 Å². The second kappa shape index (κ2) is 20.3. The Hall–Kier alpha value is -1.34. The van der Waals surface area contributed by atoms with E-state index in [1.54, 1.807) is 0 Å². The van der Waals surface area contributed by atoms with Gasteiger partial charge in [0.05, 0.1) is 13.2 Å². The molecule has 4 N–H and O–H groups in total. The average molecular weight is 490 g/mol. The van der Waals surface area contributed by atoms with Gasteiger partial charge in [-0.2, -0.15) is 0 Å². The summed E-state index contributed by atoms with van der Waals surface area (Å²) in [4.78, 5) is 34.1. The van der Waals surface area contributed by atoms with Crippen LogP contribution in [0.1, 0.15) is 51.4 Å². The predicted molar refractivity (Wildman–Crippen MR) is 128 cm³/mol. The van der Waals surface area contributed by atoms with E-state index in [4.69, 9.17) is 19.6 Å². The molecule has 0 bridgehead atoms. The van der Waals surface area contributed by atoms with Crippen molar-refractivity contribution in [3.8, 4) is 0 Å². The highest BCUT2D eigenvalue weighted by atomic mass is 31.2. The van der Waals surface area contributed by atoms with E-state index in [0.717, 1.165) is 38.5 Å². The Morgan fingerprint density at radius 1 is 0.469 bits per heavy atom. The first-order valence-corrected chi connectivity index (χ1v) is 13.6. The van der Waals surface area contributed by atoms with Crippen LogP contribution in [-0.4, -0.2) is 32.8 Å². The van der Waals surface area contributed by atoms with Crippen LogP contribution in [0.4, 0.5) is 0 Å². The summed E-state index contributed by atoms with van der Waals surface area (Å²) < 4.78 is 29.6. The van der Waals surface area contributed by atoms with Crippen molar-refractivity contribution in [1.82, 2.24) is 0 Å². The highest BCUT2D eigenvalue weighted by Crippen LogP contribution is 2.36. The van der Waals surface area contributed by atoms with Crippen molar-refractivity contribution >= 4 is 15.6 Å². The molecule has 0 heterocycles. The SMILES string of the molecule is O=P(O)(O)OCC/C=C/C/C=C/C/C=C/C/C=C/C/C=C/C/C=C/CCCOP(=O)(O)O. The maximum absolute atomic E-state index is 10.5. The Labute approximate surface area is 191 Å². The summed E-state index contributed by atoms with van der Waals surface area (Å²) in [5, 5.41) is 0. The van der Waals surface area contributed by atoms with Crippen molar-refractivity contribution < 1.29 is 37.8 Å². The van der Waals surface area contributed by atoms with Gasteiger partial charge in [0.25, 0.3) is 0 Å². The quantitative estimate of drug-likeness (QED) is 0.103. The second-order valence-electron chi connectivity index (χ2n) is 6.59. The van der Waals surface area contributed by atoms with E-state index in [1.165, 1.54) is 0 Å². The summed E-state index contributed by atoms with van der Waals surface area (Å²) in [6.07, 6.45) is 30.5. The van der Waals surface area contributed by atoms with Gasteiger partial charge in [-0.3, -0.25) is 9.05 Å². The molecule has 10 heteroatoms. The molecular formula is C22H36O8P2. The standard InChI is InChI=1S/C22H36O8P2/c23-31(24,25)29-21-19-17-15-13-11-9-7-5-3-1-2-4-6-8-10-12-14-16-18-20-22-30-32(26,27)28/h1,3-4,6-7,9-10,12-13,15-16,18H,2,5,8,11,14,17,19-22H2,(H2,23,24,25)(H2,26,27,28)/b3-1+,6-4+,9-7+,12-10+,15-13+,18-16+. The van der Waals surface area contributed by atoms with Gasteiger partial charge in [-0.15, -0.1) is 0 Å². The molecule has 0 aromatic rings. The third-order valence-electron chi connectivity index (χ3n) is 3.68. The molecular weight excluding hydrogens is 454 g/mol. The number of hydrogen-bond acceptors (Lipinski definition) is 4. The smallest absolute Gasteiger partial charge is 0.303 e. The van der Waals surface area contributed by atoms with Crippen molar-refractivity contribution in [3.63, 3.8) is 0 Å². The average Bonchev–Trinajstić information content (AvgIpc) is 2.69. The van der Waals surface area contributed by atoms with Gasteiger partial charge in [-0.25, -0.2) is 9.13 Å². The summed E-state index contributed by atoms with van der Waals surface area (Å²) in [6, 6.07) is 0. The Morgan fingerprint density at radius 2 is 0.781 bits per heavy atom. The van der Waals surface area contributed by atoms with Crippen LogP contribution in [0.25, 0.3) is 0 Å². The molecule has 0 aliphatic rings. The van der Waals surface area contributed by atoms with Gasteiger partial charge in [0.2, 0.25) is 0 Å². The number of rotatable bonds is 19. The lowest BCUT2D eigenvalue weighted by Gasteiger charge is -2.02. The van der Waals surface area contributed by atoms with E-state index in [-0.39, 0.29) is 13.2 Å². The van der Waals surface area contributed by atoms with E-state index in [0.29, 0.717) is 12.8 Å². The fourth-order valence-corrected chi connectivity index (χ4v) is 2.93. The number of unbranched alkanes of at least 4 members (excludes halogenated alkanes) is 1. The minimum absolute atomic E-state index is 0.00953. The molecule has 0 saturated carbocycles. The van der Waals surface area contributed by atoms with Crippen LogP contribution in [0.5, 0.6) is 0 Å². The van der Waals surface area contributed by atoms with Gasteiger partial charge in [0, 0.05) is 0 Å². The molecule has 32 heavy (non-hydrogen) atoms. The predicted octanol–water partition coefficient (Wildman–Crippen LogP) is 5.66.